The Balaban J connectivity index is 1.77. The molecular weight excluding hydrogens is 246 g/mol. The fourth-order valence-corrected chi connectivity index (χ4v) is 4.27. The van der Waals surface area contributed by atoms with Gasteiger partial charge >= 0.3 is 0 Å². The molecule has 3 unspecified atom stereocenters. The van der Waals surface area contributed by atoms with Gasteiger partial charge in [-0.1, -0.05) is 26.7 Å². The van der Waals surface area contributed by atoms with Crippen LogP contribution in [0, 0.1) is 11.8 Å². The molecule has 110 valence electrons. The summed E-state index contributed by atoms with van der Waals surface area (Å²) < 4.78 is 2.72. The van der Waals surface area contributed by atoms with Crippen LogP contribution in [0.3, 0.4) is 0 Å². The molecule has 0 saturated heterocycles. The molecule has 1 aliphatic heterocycles. The largest absolute Gasteiger partial charge is 0.328 e. The fraction of sp³-hybridized carbons (Fsp3) is 0.824. The Labute approximate surface area is 122 Å². The summed E-state index contributed by atoms with van der Waals surface area (Å²) in [6.07, 6.45) is 8.06. The molecule has 0 bridgehead atoms. The third kappa shape index (κ3) is 2.02. The molecule has 2 fully saturated rings. The summed E-state index contributed by atoms with van der Waals surface area (Å²) in [5.74, 6) is 3.87. The van der Waals surface area contributed by atoms with E-state index >= 15 is 0 Å². The minimum Gasteiger partial charge on any atom is -0.328 e. The molecule has 3 nitrogen and oxygen atoms in total. The van der Waals surface area contributed by atoms with Gasteiger partial charge in [-0.15, -0.1) is 0 Å². The van der Waals surface area contributed by atoms with Gasteiger partial charge in [-0.05, 0) is 31.1 Å². The number of aromatic nitrogens is 2. The number of hydrogen-bond donors (Lipinski definition) is 1. The van der Waals surface area contributed by atoms with Crippen molar-refractivity contribution in [2.24, 2.45) is 11.8 Å². The van der Waals surface area contributed by atoms with E-state index in [9.17, 15) is 0 Å². The van der Waals surface area contributed by atoms with E-state index in [2.05, 4.69) is 23.7 Å². The second-order valence-electron chi connectivity index (χ2n) is 7.27. The van der Waals surface area contributed by atoms with Crippen LogP contribution < -0.4 is 5.32 Å². The predicted molar refractivity (Wildman–Crippen MR) is 80.8 cm³/mol. The van der Waals surface area contributed by atoms with E-state index in [0.29, 0.717) is 6.04 Å². The van der Waals surface area contributed by atoms with Crippen LogP contribution in [-0.2, 0) is 13.0 Å². The lowest BCUT2D eigenvalue weighted by Crippen LogP contribution is -2.31. The number of imidazole rings is 1. The summed E-state index contributed by atoms with van der Waals surface area (Å²) in [4.78, 5) is 5.05. The summed E-state index contributed by atoms with van der Waals surface area (Å²) in [5, 5.41) is 3.49. The third-order valence-electron chi connectivity index (χ3n) is 5.89. The zero-order valence-corrected chi connectivity index (χ0v) is 12.9. The smallest absolute Gasteiger partial charge is 0.112 e. The minimum absolute atomic E-state index is 0.712. The molecule has 1 aromatic rings. The quantitative estimate of drug-likeness (QED) is 0.895. The van der Waals surface area contributed by atoms with Gasteiger partial charge in [0.05, 0.1) is 5.69 Å². The highest BCUT2D eigenvalue weighted by atomic mass is 15.2. The van der Waals surface area contributed by atoms with Gasteiger partial charge in [0.1, 0.15) is 5.82 Å². The second kappa shape index (κ2) is 4.87. The highest BCUT2D eigenvalue weighted by molar-refractivity contribution is 5.25. The molecule has 2 aliphatic carbocycles. The van der Waals surface area contributed by atoms with Gasteiger partial charge in [-0.3, -0.25) is 0 Å². The van der Waals surface area contributed by atoms with Crippen LogP contribution in [0.25, 0.3) is 0 Å². The van der Waals surface area contributed by atoms with Crippen LogP contribution in [0.5, 0.6) is 0 Å². The molecule has 0 spiro atoms. The maximum absolute atomic E-state index is 5.05. The van der Waals surface area contributed by atoms with Crippen molar-refractivity contribution in [2.45, 2.75) is 70.9 Å². The Hall–Kier alpha value is -0.830. The molecular formula is C17H27N3. The molecule has 4 rings (SSSR count). The van der Waals surface area contributed by atoms with Crippen LogP contribution >= 0.6 is 0 Å². The van der Waals surface area contributed by atoms with E-state index in [4.69, 9.17) is 4.98 Å². The highest BCUT2D eigenvalue weighted by Crippen LogP contribution is 2.45. The molecule has 3 aliphatic rings. The number of rotatable bonds is 2. The van der Waals surface area contributed by atoms with Crippen LogP contribution in [0.15, 0.2) is 0 Å². The van der Waals surface area contributed by atoms with Gasteiger partial charge in [0.15, 0.2) is 0 Å². The third-order valence-corrected chi connectivity index (χ3v) is 5.89. The molecule has 3 heteroatoms. The van der Waals surface area contributed by atoms with Crippen molar-refractivity contribution >= 4 is 0 Å². The molecule has 0 amide bonds. The summed E-state index contributed by atoms with van der Waals surface area (Å²) >= 11 is 0. The molecule has 2 heterocycles. The zero-order chi connectivity index (χ0) is 13.7. The van der Waals surface area contributed by atoms with E-state index in [0.717, 1.165) is 30.8 Å². The Morgan fingerprint density at radius 3 is 2.80 bits per heavy atom. The number of hydrogen-bond acceptors (Lipinski definition) is 2. The number of nitrogens with one attached hydrogen (secondary N) is 1. The summed E-state index contributed by atoms with van der Waals surface area (Å²) in [7, 11) is 0. The van der Waals surface area contributed by atoms with Crippen LogP contribution in [-0.4, -0.2) is 16.1 Å². The van der Waals surface area contributed by atoms with E-state index in [1.807, 2.05) is 0 Å². The van der Waals surface area contributed by atoms with Crippen molar-refractivity contribution in [3.8, 4) is 0 Å². The predicted octanol–water partition coefficient (Wildman–Crippen LogP) is 3.40. The lowest BCUT2D eigenvalue weighted by atomic mass is 9.77. The van der Waals surface area contributed by atoms with Crippen LogP contribution in [0.1, 0.15) is 75.1 Å². The standard InChI is InChI=1S/C17H27N3/c1-11-4-3-5-15(12(11)2)20-16-8-9-18-10-14(16)19-17(20)13-6-7-13/h11-13,15,18H,3-10H2,1-2H3. The van der Waals surface area contributed by atoms with Crippen molar-refractivity contribution in [1.82, 2.24) is 14.9 Å². The molecule has 2 saturated carbocycles. The molecule has 3 atom stereocenters. The molecule has 0 radical (unpaired) electrons. The Bertz CT molecular complexity index is 501. The van der Waals surface area contributed by atoms with E-state index in [-0.39, 0.29) is 0 Å². The number of nitrogens with zero attached hydrogens (tertiary/aromatic N) is 2. The van der Waals surface area contributed by atoms with E-state index in [1.165, 1.54) is 50.0 Å². The van der Waals surface area contributed by atoms with Gasteiger partial charge in [0, 0.05) is 37.2 Å². The van der Waals surface area contributed by atoms with Crippen LogP contribution in [0.2, 0.25) is 0 Å². The lowest BCUT2D eigenvalue weighted by molar-refractivity contribution is 0.180. The van der Waals surface area contributed by atoms with Crippen molar-refractivity contribution < 1.29 is 0 Å². The monoisotopic (exact) mass is 273 g/mol. The van der Waals surface area contributed by atoms with Crippen molar-refractivity contribution in [3.05, 3.63) is 17.2 Å². The summed E-state index contributed by atoms with van der Waals surface area (Å²) in [6, 6.07) is 0.712. The Morgan fingerprint density at radius 1 is 1.15 bits per heavy atom. The average molecular weight is 273 g/mol. The maximum Gasteiger partial charge on any atom is 0.112 e. The zero-order valence-electron chi connectivity index (χ0n) is 12.9. The molecule has 1 N–H and O–H groups in total. The second-order valence-corrected chi connectivity index (χ2v) is 7.27. The first-order chi connectivity index (χ1) is 9.75. The first kappa shape index (κ1) is 12.9. The molecule has 1 aromatic heterocycles. The first-order valence-corrected chi connectivity index (χ1v) is 8.56. The topological polar surface area (TPSA) is 29.9 Å². The van der Waals surface area contributed by atoms with Gasteiger partial charge in [0.25, 0.3) is 0 Å². The fourth-order valence-electron chi connectivity index (χ4n) is 4.27. The average Bonchev–Trinajstić information content (AvgIpc) is 3.23. The van der Waals surface area contributed by atoms with Crippen molar-refractivity contribution in [1.29, 1.82) is 0 Å². The van der Waals surface area contributed by atoms with Crippen molar-refractivity contribution in [2.75, 3.05) is 6.54 Å². The Kier molecular flexibility index (Phi) is 3.13. The summed E-state index contributed by atoms with van der Waals surface area (Å²) in [5.41, 5.74) is 2.92. The summed E-state index contributed by atoms with van der Waals surface area (Å²) in [6.45, 7) is 7.02. The minimum atomic E-state index is 0.712. The van der Waals surface area contributed by atoms with Gasteiger partial charge < -0.3 is 9.88 Å². The Morgan fingerprint density at radius 2 is 2.00 bits per heavy atom. The first-order valence-electron chi connectivity index (χ1n) is 8.56. The van der Waals surface area contributed by atoms with Gasteiger partial charge in [-0.2, -0.15) is 0 Å². The van der Waals surface area contributed by atoms with E-state index < -0.39 is 0 Å². The lowest BCUT2D eigenvalue weighted by Gasteiger charge is -2.37. The van der Waals surface area contributed by atoms with Gasteiger partial charge in [-0.25, -0.2) is 4.98 Å². The SMILES string of the molecule is CC1CCCC(n2c(C3CC3)nc3c2CCNC3)C1C. The molecule has 20 heavy (non-hydrogen) atoms. The number of fused-ring (bicyclic) bond motifs is 1. The normalized spacial score (nSPS) is 34.0. The van der Waals surface area contributed by atoms with Gasteiger partial charge in [0.2, 0.25) is 0 Å². The van der Waals surface area contributed by atoms with Crippen molar-refractivity contribution in [3.63, 3.8) is 0 Å². The maximum atomic E-state index is 5.05. The van der Waals surface area contributed by atoms with E-state index in [1.54, 1.807) is 5.69 Å². The van der Waals surface area contributed by atoms with Crippen LogP contribution in [0.4, 0.5) is 0 Å². The molecule has 0 aromatic carbocycles. The highest BCUT2D eigenvalue weighted by Gasteiger charge is 2.37.